The minimum absolute atomic E-state index is 0.963. The van der Waals surface area contributed by atoms with E-state index in [1.807, 2.05) is 0 Å². The van der Waals surface area contributed by atoms with Crippen LogP contribution in [-0.4, -0.2) is 0 Å². The first-order valence-electron chi connectivity index (χ1n) is 5.37. The molecule has 0 aromatic rings. The molecule has 0 saturated carbocycles. The zero-order valence-electron chi connectivity index (χ0n) is 8.34. The van der Waals surface area contributed by atoms with E-state index in [0.29, 0.717) is 0 Å². The van der Waals surface area contributed by atoms with Crippen LogP contribution in [0.2, 0.25) is 0 Å². The second-order valence-corrected chi connectivity index (χ2v) is 3.46. The second-order valence-electron chi connectivity index (χ2n) is 3.46. The van der Waals surface area contributed by atoms with E-state index in [1.54, 1.807) is 0 Å². The Morgan fingerprint density at radius 3 is 2.46 bits per heavy atom. The monoisotopic (exact) mass is 175 g/mol. The molecule has 0 saturated heterocycles. The first-order chi connectivity index (χ1) is 6.50. The van der Waals surface area contributed by atoms with E-state index in [0.717, 1.165) is 6.42 Å². The van der Waals surface area contributed by atoms with Crippen molar-refractivity contribution in [1.29, 1.82) is 0 Å². The van der Waals surface area contributed by atoms with Crippen LogP contribution >= 0.6 is 0 Å². The molecule has 0 heterocycles. The fraction of sp³-hybridized carbons (Fsp3) is 0.538. The van der Waals surface area contributed by atoms with Gasteiger partial charge in [-0.05, 0) is 38.2 Å². The standard InChI is InChI=1S/C13H19/c1-2-4-6-8-10-12-13-11-9-7-5-3-1/h1-4,10H,5-7,9,11-13H2/b3-1-,4-2+,10-8?. The molecule has 0 spiro atoms. The predicted molar refractivity (Wildman–Crippen MR) is 58.4 cm³/mol. The molecule has 1 aliphatic carbocycles. The van der Waals surface area contributed by atoms with Crippen molar-refractivity contribution in [3.63, 3.8) is 0 Å². The van der Waals surface area contributed by atoms with E-state index in [2.05, 4.69) is 36.5 Å². The Morgan fingerprint density at radius 2 is 1.54 bits per heavy atom. The van der Waals surface area contributed by atoms with E-state index in [9.17, 15) is 0 Å². The van der Waals surface area contributed by atoms with Gasteiger partial charge in [0.15, 0.2) is 0 Å². The summed E-state index contributed by atoms with van der Waals surface area (Å²) in [6.07, 6.45) is 23.0. The van der Waals surface area contributed by atoms with Gasteiger partial charge >= 0.3 is 0 Å². The van der Waals surface area contributed by atoms with Crippen LogP contribution in [0.15, 0.2) is 30.4 Å². The lowest BCUT2D eigenvalue weighted by molar-refractivity contribution is 0.652. The summed E-state index contributed by atoms with van der Waals surface area (Å²) in [5.74, 6) is 0. The Balaban J connectivity index is 2.29. The molecule has 0 atom stereocenters. The molecule has 0 aromatic carbocycles. The van der Waals surface area contributed by atoms with Crippen LogP contribution in [0.5, 0.6) is 0 Å². The fourth-order valence-electron chi connectivity index (χ4n) is 1.44. The van der Waals surface area contributed by atoms with Crippen molar-refractivity contribution < 1.29 is 0 Å². The summed E-state index contributed by atoms with van der Waals surface area (Å²) in [6, 6.07) is 0. The second kappa shape index (κ2) is 7.85. The van der Waals surface area contributed by atoms with Gasteiger partial charge in [0.2, 0.25) is 0 Å². The Kier molecular flexibility index (Phi) is 6.22. The molecule has 1 aliphatic rings. The van der Waals surface area contributed by atoms with Crippen LogP contribution in [0, 0.1) is 6.08 Å². The van der Waals surface area contributed by atoms with Gasteiger partial charge in [-0.1, -0.05) is 43.2 Å². The molecule has 0 N–H and O–H groups in total. The lowest BCUT2D eigenvalue weighted by Gasteiger charge is -1.95. The first-order valence-corrected chi connectivity index (χ1v) is 5.37. The van der Waals surface area contributed by atoms with E-state index < -0.39 is 0 Å². The largest absolute Gasteiger partial charge is 0.0845 e. The summed E-state index contributed by atoms with van der Waals surface area (Å²) < 4.78 is 0. The third-order valence-electron chi connectivity index (χ3n) is 2.23. The summed E-state index contributed by atoms with van der Waals surface area (Å²) in [4.78, 5) is 0. The van der Waals surface area contributed by atoms with Gasteiger partial charge in [-0.2, -0.15) is 0 Å². The molecule has 0 fully saturated rings. The zero-order chi connectivity index (χ0) is 9.19. The molecule has 0 bridgehead atoms. The average molecular weight is 175 g/mol. The van der Waals surface area contributed by atoms with Crippen LogP contribution in [-0.2, 0) is 0 Å². The highest BCUT2D eigenvalue weighted by Gasteiger charge is 1.87. The molecule has 1 rings (SSSR count). The molecule has 1 radical (unpaired) electrons. The quantitative estimate of drug-likeness (QED) is 0.517. The van der Waals surface area contributed by atoms with Crippen molar-refractivity contribution in [2.24, 2.45) is 0 Å². The fourth-order valence-corrected chi connectivity index (χ4v) is 1.44. The highest BCUT2D eigenvalue weighted by Crippen LogP contribution is 2.07. The van der Waals surface area contributed by atoms with Crippen molar-refractivity contribution in [2.75, 3.05) is 0 Å². The number of rotatable bonds is 0. The van der Waals surface area contributed by atoms with Crippen molar-refractivity contribution >= 4 is 0 Å². The summed E-state index contributed by atoms with van der Waals surface area (Å²) in [6.45, 7) is 0. The predicted octanol–water partition coefficient (Wildman–Crippen LogP) is 4.20. The van der Waals surface area contributed by atoms with E-state index >= 15 is 0 Å². The highest BCUT2D eigenvalue weighted by atomic mass is 13.9. The van der Waals surface area contributed by atoms with Gasteiger partial charge in [0.05, 0.1) is 0 Å². The van der Waals surface area contributed by atoms with Crippen molar-refractivity contribution in [1.82, 2.24) is 0 Å². The van der Waals surface area contributed by atoms with E-state index in [1.165, 1.54) is 38.5 Å². The van der Waals surface area contributed by atoms with Gasteiger partial charge in [-0.15, -0.1) is 0 Å². The van der Waals surface area contributed by atoms with Crippen LogP contribution in [0.25, 0.3) is 0 Å². The number of hydrogen-bond donors (Lipinski definition) is 0. The molecule has 0 nitrogen and oxygen atoms in total. The van der Waals surface area contributed by atoms with Crippen LogP contribution < -0.4 is 0 Å². The van der Waals surface area contributed by atoms with Crippen molar-refractivity contribution in [2.45, 2.75) is 44.9 Å². The lowest BCUT2D eigenvalue weighted by Crippen LogP contribution is -1.76. The number of hydrogen-bond acceptors (Lipinski definition) is 0. The average Bonchev–Trinajstić information content (AvgIpc) is 2.18. The Labute approximate surface area is 82.0 Å². The number of allylic oxidation sites excluding steroid dienone is 6. The summed E-state index contributed by atoms with van der Waals surface area (Å²) in [5.41, 5.74) is 0. The van der Waals surface area contributed by atoms with E-state index in [4.69, 9.17) is 0 Å². The summed E-state index contributed by atoms with van der Waals surface area (Å²) in [5, 5.41) is 0. The Morgan fingerprint density at radius 1 is 0.769 bits per heavy atom. The molecule has 0 aromatic heterocycles. The lowest BCUT2D eigenvalue weighted by atomic mass is 10.1. The molecular formula is C13H19. The molecular weight excluding hydrogens is 156 g/mol. The molecule has 71 valence electrons. The van der Waals surface area contributed by atoms with Crippen LogP contribution in [0.3, 0.4) is 0 Å². The summed E-state index contributed by atoms with van der Waals surface area (Å²) in [7, 11) is 0. The smallest absolute Gasteiger partial charge is 0.00948 e. The minimum Gasteiger partial charge on any atom is -0.0845 e. The highest BCUT2D eigenvalue weighted by molar-refractivity contribution is 5.03. The molecule has 0 heteroatoms. The third kappa shape index (κ3) is 6.39. The van der Waals surface area contributed by atoms with Crippen molar-refractivity contribution in [3.05, 3.63) is 36.5 Å². The van der Waals surface area contributed by atoms with Gasteiger partial charge in [0.1, 0.15) is 0 Å². The maximum Gasteiger partial charge on any atom is -0.00948 e. The van der Waals surface area contributed by atoms with E-state index in [-0.39, 0.29) is 0 Å². The van der Waals surface area contributed by atoms with Gasteiger partial charge < -0.3 is 0 Å². The van der Waals surface area contributed by atoms with Gasteiger partial charge in [-0.3, -0.25) is 0 Å². The van der Waals surface area contributed by atoms with Gasteiger partial charge in [0, 0.05) is 0 Å². The summed E-state index contributed by atoms with van der Waals surface area (Å²) >= 11 is 0. The molecule has 0 aliphatic heterocycles. The van der Waals surface area contributed by atoms with Gasteiger partial charge in [-0.25, -0.2) is 0 Å². The minimum atomic E-state index is 0.963. The molecule has 0 amide bonds. The topological polar surface area (TPSA) is 0 Å². The van der Waals surface area contributed by atoms with Gasteiger partial charge in [0.25, 0.3) is 0 Å². The van der Waals surface area contributed by atoms with Crippen LogP contribution in [0.4, 0.5) is 0 Å². The normalized spacial score (nSPS) is 27.7. The molecule has 13 heavy (non-hydrogen) atoms. The molecule has 0 unspecified atom stereocenters. The van der Waals surface area contributed by atoms with Crippen molar-refractivity contribution in [3.8, 4) is 0 Å². The first kappa shape index (κ1) is 10.3. The maximum atomic E-state index is 3.28. The third-order valence-corrected chi connectivity index (χ3v) is 2.23. The van der Waals surface area contributed by atoms with Crippen LogP contribution in [0.1, 0.15) is 44.9 Å². The zero-order valence-corrected chi connectivity index (χ0v) is 8.34. The SMILES string of the molecule is [C]1=C/CCCCCC/C=C\C=C\C/1. The Hall–Kier alpha value is -0.780. The maximum absolute atomic E-state index is 3.28. The Bertz CT molecular complexity index is 184.